The third-order valence-corrected chi connectivity index (χ3v) is 4.70. The van der Waals surface area contributed by atoms with Crippen LogP contribution in [0.2, 0.25) is 0 Å². The second kappa shape index (κ2) is 5.99. The lowest BCUT2D eigenvalue weighted by atomic mass is 9.79. The SMILES string of the molecule is COC(=O)[C@]1(O)C/C(=N\O)[C@H]2O[C@](C)(OC)[C@@](C)(OC)O[C@@H]2C1. The Labute approximate surface area is 134 Å². The molecule has 1 aliphatic carbocycles. The molecule has 0 amide bonds. The van der Waals surface area contributed by atoms with Crippen molar-refractivity contribution in [2.24, 2.45) is 5.16 Å². The smallest absolute Gasteiger partial charge is 0.338 e. The molecule has 2 rings (SSSR count). The highest BCUT2D eigenvalue weighted by Gasteiger charge is 2.62. The van der Waals surface area contributed by atoms with Crippen LogP contribution in [0.15, 0.2) is 5.16 Å². The Morgan fingerprint density at radius 2 is 1.78 bits per heavy atom. The van der Waals surface area contributed by atoms with Gasteiger partial charge in [-0.3, -0.25) is 0 Å². The quantitative estimate of drug-likeness (QED) is 0.422. The van der Waals surface area contributed by atoms with Gasteiger partial charge >= 0.3 is 5.97 Å². The van der Waals surface area contributed by atoms with E-state index < -0.39 is 35.4 Å². The molecule has 1 aliphatic heterocycles. The molecule has 1 heterocycles. The van der Waals surface area contributed by atoms with Crippen molar-refractivity contribution in [3.8, 4) is 0 Å². The first kappa shape index (κ1) is 18.1. The van der Waals surface area contributed by atoms with E-state index in [0.717, 1.165) is 0 Å². The van der Waals surface area contributed by atoms with Crippen LogP contribution in [0, 0.1) is 0 Å². The molecule has 9 heteroatoms. The number of esters is 1. The van der Waals surface area contributed by atoms with E-state index in [1.165, 1.54) is 21.3 Å². The largest absolute Gasteiger partial charge is 0.467 e. The van der Waals surface area contributed by atoms with Crippen molar-refractivity contribution < 1.29 is 38.8 Å². The summed E-state index contributed by atoms with van der Waals surface area (Å²) in [5.74, 6) is -3.41. The highest BCUT2D eigenvalue weighted by Crippen LogP contribution is 2.44. The molecule has 2 aliphatic rings. The number of hydrogen-bond acceptors (Lipinski definition) is 9. The highest BCUT2D eigenvalue weighted by atomic mass is 16.8. The summed E-state index contributed by atoms with van der Waals surface area (Å²) in [5, 5.41) is 23.0. The molecule has 2 N–H and O–H groups in total. The number of ether oxygens (including phenoxy) is 5. The van der Waals surface area contributed by atoms with Crippen molar-refractivity contribution in [2.75, 3.05) is 21.3 Å². The molecule has 0 aromatic rings. The van der Waals surface area contributed by atoms with E-state index >= 15 is 0 Å². The number of carbonyl (C=O) groups is 1. The van der Waals surface area contributed by atoms with E-state index in [1.807, 2.05) is 0 Å². The minimum atomic E-state index is -1.86. The van der Waals surface area contributed by atoms with Crippen LogP contribution in [0.1, 0.15) is 26.7 Å². The normalized spacial score (nSPS) is 45.6. The minimum Gasteiger partial charge on any atom is -0.467 e. The van der Waals surface area contributed by atoms with Gasteiger partial charge in [0.1, 0.15) is 6.10 Å². The number of oxime groups is 1. The van der Waals surface area contributed by atoms with Gasteiger partial charge < -0.3 is 34.0 Å². The van der Waals surface area contributed by atoms with Crippen molar-refractivity contribution >= 4 is 11.7 Å². The van der Waals surface area contributed by atoms with E-state index in [2.05, 4.69) is 9.89 Å². The standard InChI is InChI=1S/C14H23NO8/c1-12(20-4)13(2,21-5)23-10-8(15-18)6-14(17,11(16)19-3)7-9(10)22-12/h9-10,17-18H,6-7H2,1-5H3/b15-8+/t9-,10-,12+,13+,14+/m1/s1. The molecule has 0 aromatic carbocycles. The molecule has 0 radical (unpaired) electrons. The monoisotopic (exact) mass is 333 g/mol. The van der Waals surface area contributed by atoms with Gasteiger partial charge in [-0.05, 0) is 13.8 Å². The molecule has 0 unspecified atom stereocenters. The van der Waals surface area contributed by atoms with Gasteiger partial charge in [-0.1, -0.05) is 5.16 Å². The van der Waals surface area contributed by atoms with E-state index in [1.54, 1.807) is 13.8 Å². The second-order valence-corrected chi connectivity index (χ2v) is 5.99. The lowest BCUT2D eigenvalue weighted by Crippen LogP contribution is -2.69. The molecular weight excluding hydrogens is 310 g/mol. The van der Waals surface area contributed by atoms with Crippen molar-refractivity contribution in [3.63, 3.8) is 0 Å². The maximum atomic E-state index is 11.9. The Morgan fingerprint density at radius 3 is 2.26 bits per heavy atom. The zero-order valence-electron chi connectivity index (χ0n) is 13.9. The van der Waals surface area contributed by atoms with Crippen LogP contribution in [-0.4, -0.2) is 72.7 Å². The summed E-state index contributed by atoms with van der Waals surface area (Å²) in [7, 11) is 4.03. The Balaban J connectivity index is 2.38. The first-order valence-electron chi connectivity index (χ1n) is 7.16. The van der Waals surface area contributed by atoms with E-state index in [4.69, 9.17) is 18.9 Å². The number of carbonyl (C=O) groups excluding carboxylic acids is 1. The predicted molar refractivity (Wildman–Crippen MR) is 76.0 cm³/mol. The number of rotatable bonds is 3. The van der Waals surface area contributed by atoms with E-state index in [-0.39, 0.29) is 18.6 Å². The zero-order chi connectivity index (χ0) is 17.5. The van der Waals surface area contributed by atoms with Crippen molar-refractivity contribution in [1.82, 2.24) is 0 Å². The summed E-state index contributed by atoms with van der Waals surface area (Å²) >= 11 is 0. The number of hydrogen-bond donors (Lipinski definition) is 2. The molecule has 1 saturated heterocycles. The molecular formula is C14H23NO8. The first-order chi connectivity index (χ1) is 10.7. The van der Waals surface area contributed by atoms with Crippen LogP contribution in [-0.2, 0) is 28.5 Å². The van der Waals surface area contributed by atoms with Gasteiger partial charge in [0.2, 0.25) is 11.6 Å². The number of fused-ring (bicyclic) bond motifs is 1. The van der Waals surface area contributed by atoms with Gasteiger partial charge in [0.15, 0.2) is 5.60 Å². The summed E-state index contributed by atoms with van der Waals surface area (Å²) in [6.45, 7) is 3.25. The Kier molecular flexibility index (Phi) is 4.71. The molecule has 0 spiro atoms. The van der Waals surface area contributed by atoms with Crippen LogP contribution in [0.3, 0.4) is 0 Å². The third kappa shape index (κ3) is 2.72. The van der Waals surface area contributed by atoms with Crippen molar-refractivity contribution in [3.05, 3.63) is 0 Å². The van der Waals surface area contributed by atoms with Gasteiger partial charge in [-0.15, -0.1) is 0 Å². The first-order valence-corrected chi connectivity index (χ1v) is 7.16. The fourth-order valence-electron chi connectivity index (χ4n) is 3.02. The van der Waals surface area contributed by atoms with Gasteiger partial charge in [0.25, 0.3) is 0 Å². The number of aliphatic hydroxyl groups is 1. The maximum Gasteiger partial charge on any atom is 0.338 e. The third-order valence-electron chi connectivity index (χ3n) is 4.70. The summed E-state index contributed by atoms with van der Waals surface area (Å²) in [4.78, 5) is 11.9. The Hall–Kier alpha value is -1.26. The Morgan fingerprint density at radius 1 is 1.22 bits per heavy atom. The lowest BCUT2D eigenvalue weighted by Gasteiger charge is -2.54. The molecule has 132 valence electrons. The topological polar surface area (TPSA) is 116 Å². The molecule has 0 bridgehead atoms. The highest BCUT2D eigenvalue weighted by molar-refractivity contribution is 5.96. The predicted octanol–water partition coefficient (Wildman–Crippen LogP) is 0.0237. The molecule has 2 fully saturated rings. The number of methoxy groups -OCH3 is 3. The van der Waals surface area contributed by atoms with Gasteiger partial charge in [0.05, 0.1) is 18.9 Å². The van der Waals surface area contributed by atoms with Gasteiger partial charge in [-0.25, -0.2) is 4.79 Å². The van der Waals surface area contributed by atoms with Crippen LogP contribution in [0.4, 0.5) is 0 Å². The lowest BCUT2D eigenvalue weighted by molar-refractivity contribution is -0.443. The van der Waals surface area contributed by atoms with Crippen LogP contribution in [0.25, 0.3) is 0 Å². The summed E-state index contributed by atoms with van der Waals surface area (Å²) in [6, 6.07) is 0. The van der Waals surface area contributed by atoms with Crippen molar-refractivity contribution in [1.29, 1.82) is 0 Å². The average molecular weight is 333 g/mol. The van der Waals surface area contributed by atoms with E-state index in [9.17, 15) is 15.1 Å². The van der Waals surface area contributed by atoms with Crippen LogP contribution in [0.5, 0.6) is 0 Å². The zero-order valence-corrected chi connectivity index (χ0v) is 13.9. The molecule has 5 atom stereocenters. The molecule has 9 nitrogen and oxygen atoms in total. The van der Waals surface area contributed by atoms with Crippen LogP contribution < -0.4 is 0 Å². The molecule has 0 aromatic heterocycles. The van der Waals surface area contributed by atoms with E-state index in [0.29, 0.717) is 0 Å². The Bertz CT molecular complexity index is 511. The summed E-state index contributed by atoms with van der Waals surface area (Å²) in [5.41, 5.74) is -1.80. The van der Waals surface area contributed by atoms with Gasteiger partial charge in [0, 0.05) is 27.1 Å². The summed E-state index contributed by atoms with van der Waals surface area (Å²) in [6.07, 6.45) is -1.91. The minimum absolute atomic E-state index is 0.0654. The van der Waals surface area contributed by atoms with Gasteiger partial charge in [-0.2, -0.15) is 0 Å². The number of nitrogens with zero attached hydrogens (tertiary/aromatic N) is 1. The fraction of sp³-hybridized carbons (Fsp3) is 0.857. The molecule has 1 saturated carbocycles. The van der Waals surface area contributed by atoms with Crippen LogP contribution >= 0.6 is 0 Å². The summed E-state index contributed by atoms with van der Waals surface area (Å²) < 4.78 is 27.2. The maximum absolute atomic E-state index is 11.9. The van der Waals surface area contributed by atoms with Crippen molar-refractivity contribution in [2.45, 2.75) is 56.1 Å². The molecule has 23 heavy (non-hydrogen) atoms. The second-order valence-electron chi connectivity index (χ2n) is 5.99. The fourth-order valence-corrected chi connectivity index (χ4v) is 3.02. The average Bonchev–Trinajstić information content (AvgIpc) is 2.54.